The molecule has 5 nitrogen and oxygen atoms in total. The maximum Gasteiger partial charge on any atom is 0.227 e. The summed E-state index contributed by atoms with van der Waals surface area (Å²) in [7, 11) is 4.18. The number of anilines is 2. The summed E-state index contributed by atoms with van der Waals surface area (Å²) in [5.41, 5.74) is 5.38. The largest absolute Gasteiger partial charge is 0.324 e. The van der Waals surface area contributed by atoms with Crippen LogP contribution >= 0.6 is 11.3 Å². The Labute approximate surface area is 159 Å². The molecule has 2 aromatic heterocycles. The van der Waals surface area contributed by atoms with E-state index >= 15 is 0 Å². The summed E-state index contributed by atoms with van der Waals surface area (Å²) in [6, 6.07) is 8.25. The van der Waals surface area contributed by atoms with Crippen LogP contribution in [-0.2, 0) is 6.42 Å². The topological polar surface area (TPSA) is 53.9 Å². The first-order valence-electron chi connectivity index (χ1n) is 8.70. The van der Waals surface area contributed by atoms with E-state index in [1.54, 1.807) is 17.5 Å². The summed E-state index contributed by atoms with van der Waals surface area (Å²) in [6.45, 7) is 7.26. The number of hydrogen-bond acceptors (Lipinski definition) is 6. The summed E-state index contributed by atoms with van der Waals surface area (Å²) in [4.78, 5) is 17.2. The van der Waals surface area contributed by atoms with Crippen LogP contribution in [0.3, 0.4) is 0 Å². The molecule has 136 valence electrons. The highest BCUT2D eigenvalue weighted by Crippen LogP contribution is 2.28. The average molecular weight is 368 g/mol. The molecule has 0 bridgehead atoms. The van der Waals surface area contributed by atoms with Crippen LogP contribution in [0.1, 0.15) is 21.7 Å². The van der Waals surface area contributed by atoms with Gasteiger partial charge in [-0.15, -0.1) is 11.3 Å². The minimum absolute atomic E-state index is 0.593. The molecule has 0 amide bonds. The summed E-state index contributed by atoms with van der Waals surface area (Å²) < 4.78 is 0. The maximum absolute atomic E-state index is 4.72. The molecule has 0 saturated carbocycles. The summed E-state index contributed by atoms with van der Waals surface area (Å²) >= 11 is 1.72. The molecule has 0 spiro atoms. The van der Waals surface area contributed by atoms with Crippen molar-refractivity contribution in [2.45, 2.75) is 27.2 Å². The van der Waals surface area contributed by atoms with Crippen LogP contribution in [0.15, 0.2) is 30.5 Å². The summed E-state index contributed by atoms with van der Waals surface area (Å²) in [5, 5.41) is 4.25. The number of nitrogens with zero attached hydrogens (tertiary/aromatic N) is 4. The number of aryl methyl sites for hydroxylation is 3. The number of thiazole rings is 1. The van der Waals surface area contributed by atoms with Crippen LogP contribution in [0.25, 0.3) is 10.7 Å². The van der Waals surface area contributed by atoms with Gasteiger partial charge in [-0.3, -0.25) is 0 Å². The Kier molecular flexibility index (Phi) is 5.64. The van der Waals surface area contributed by atoms with Gasteiger partial charge >= 0.3 is 0 Å². The molecule has 0 unspecified atom stereocenters. The van der Waals surface area contributed by atoms with Gasteiger partial charge in [0.25, 0.3) is 0 Å². The molecule has 2 heterocycles. The second-order valence-corrected chi connectivity index (χ2v) is 7.93. The number of rotatable bonds is 6. The smallest absolute Gasteiger partial charge is 0.227 e. The summed E-state index contributed by atoms with van der Waals surface area (Å²) in [5.74, 6) is 0.593. The van der Waals surface area contributed by atoms with E-state index in [1.807, 2.05) is 6.07 Å². The molecule has 0 aliphatic heterocycles. The molecule has 0 fully saturated rings. The molecular formula is C20H25N5S. The third kappa shape index (κ3) is 4.65. The van der Waals surface area contributed by atoms with Gasteiger partial charge in [-0.1, -0.05) is 6.07 Å². The van der Waals surface area contributed by atoms with Crippen molar-refractivity contribution in [1.29, 1.82) is 0 Å². The van der Waals surface area contributed by atoms with Gasteiger partial charge in [0, 0.05) is 23.3 Å². The van der Waals surface area contributed by atoms with Crippen LogP contribution in [-0.4, -0.2) is 40.5 Å². The molecule has 0 radical (unpaired) electrons. The third-order valence-electron chi connectivity index (χ3n) is 4.03. The Bertz CT molecular complexity index is 881. The quantitative estimate of drug-likeness (QED) is 0.701. The van der Waals surface area contributed by atoms with Crippen LogP contribution in [0.4, 0.5) is 11.6 Å². The van der Waals surface area contributed by atoms with Crippen molar-refractivity contribution in [1.82, 2.24) is 19.9 Å². The minimum Gasteiger partial charge on any atom is -0.324 e. The normalized spacial score (nSPS) is 11.2. The Hall–Kier alpha value is -2.31. The summed E-state index contributed by atoms with van der Waals surface area (Å²) in [6.07, 6.45) is 2.79. The van der Waals surface area contributed by atoms with Gasteiger partial charge in [0.2, 0.25) is 5.95 Å². The lowest BCUT2D eigenvalue weighted by atomic mass is 10.1. The predicted molar refractivity (Wildman–Crippen MR) is 109 cm³/mol. The molecule has 0 aliphatic carbocycles. The molecule has 1 aromatic carbocycles. The van der Waals surface area contributed by atoms with E-state index in [1.165, 1.54) is 16.0 Å². The number of likely N-dealkylation sites (N-methyl/N-ethyl adjacent to an activating group) is 1. The Morgan fingerprint density at radius 2 is 1.77 bits per heavy atom. The highest BCUT2D eigenvalue weighted by molar-refractivity contribution is 7.15. The lowest BCUT2D eigenvalue weighted by molar-refractivity contribution is 0.414. The monoisotopic (exact) mass is 367 g/mol. The van der Waals surface area contributed by atoms with Crippen LogP contribution < -0.4 is 5.32 Å². The average Bonchev–Trinajstić information content (AvgIpc) is 2.93. The van der Waals surface area contributed by atoms with Crippen molar-refractivity contribution in [3.05, 3.63) is 52.2 Å². The fourth-order valence-electron chi connectivity index (χ4n) is 2.81. The SMILES string of the molecule is Cc1cc(C)cc(Nc2nccc(-c3nc(C)c(CCN(C)C)s3)n2)c1. The van der Waals surface area contributed by atoms with E-state index in [0.717, 1.165) is 35.0 Å². The maximum atomic E-state index is 4.72. The molecule has 3 aromatic rings. The lowest BCUT2D eigenvalue weighted by Gasteiger charge is -2.08. The van der Waals surface area contributed by atoms with Crippen LogP contribution in [0.5, 0.6) is 0 Å². The minimum atomic E-state index is 0.593. The van der Waals surface area contributed by atoms with Gasteiger partial charge in [0.1, 0.15) is 10.7 Å². The van der Waals surface area contributed by atoms with E-state index < -0.39 is 0 Å². The molecule has 0 aliphatic rings. The first-order valence-corrected chi connectivity index (χ1v) is 9.52. The highest BCUT2D eigenvalue weighted by atomic mass is 32.1. The fourth-order valence-corrected chi connectivity index (χ4v) is 3.83. The second kappa shape index (κ2) is 7.93. The molecule has 0 saturated heterocycles. The van der Waals surface area contributed by atoms with Gasteiger partial charge in [-0.05, 0) is 70.6 Å². The molecular weight excluding hydrogens is 342 g/mol. The molecule has 26 heavy (non-hydrogen) atoms. The number of nitrogens with one attached hydrogen (secondary N) is 1. The van der Waals surface area contributed by atoms with Crippen molar-refractivity contribution in [3.63, 3.8) is 0 Å². The Morgan fingerprint density at radius 3 is 2.46 bits per heavy atom. The van der Waals surface area contributed by atoms with Crippen LogP contribution in [0.2, 0.25) is 0 Å². The van der Waals surface area contributed by atoms with Crippen molar-refractivity contribution < 1.29 is 0 Å². The van der Waals surface area contributed by atoms with Crippen molar-refractivity contribution in [2.75, 3.05) is 26.0 Å². The van der Waals surface area contributed by atoms with Gasteiger partial charge in [-0.2, -0.15) is 0 Å². The molecule has 0 atom stereocenters. The van der Waals surface area contributed by atoms with Crippen molar-refractivity contribution in [2.24, 2.45) is 0 Å². The van der Waals surface area contributed by atoms with E-state index in [9.17, 15) is 0 Å². The first kappa shape index (κ1) is 18.5. The van der Waals surface area contributed by atoms with E-state index in [2.05, 4.69) is 73.3 Å². The highest BCUT2D eigenvalue weighted by Gasteiger charge is 2.12. The Balaban J connectivity index is 1.82. The molecule has 3 rings (SSSR count). The predicted octanol–water partition coefficient (Wildman–Crippen LogP) is 4.37. The zero-order valence-electron chi connectivity index (χ0n) is 16.0. The zero-order valence-corrected chi connectivity index (χ0v) is 16.8. The standard InChI is InChI=1S/C20H25N5S/c1-13-10-14(2)12-16(11-13)23-20-21-8-6-17(24-20)19-22-15(3)18(26-19)7-9-25(4)5/h6,8,10-12H,7,9H2,1-5H3,(H,21,23,24). The number of benzene rings is 1. The third-order valence-corrected chi connectivity index (χ3v) is 5.27. The van der Waals surface area contributed by atoms with Gasteiger partial charge in [0.05, 0.1) is 5.69 Å². The van der Waals surface area contributed by atoms with E-state index in [4.69, 9.17) is 4.98 Å². The van der Waals surface area contributed by atoms with Crippen molar-refractivity contribution >= 4 is 23.0 Å². The van der Waals surface area contributed by atoms with Gasteiger partial charge < -0.3 is 10.2 Å². The van der Waals surface area contributed by atoms with Crippen molar-refractivity contribution in [3.8, 4) is 10.7 Å². The number of aromatic nitrogens is 3. The lowest BCUT2D eigenvalue weighted by Crippen LogP contribution is -2.14. The molecule has 1 N–H and O–H groups in total. The number of hydrogen-bond donors (Lipinski definition) is 1. The van der Waals surface area contributed by atoms with Crippen LogP contribution in [0, 0.1) is 20.8 Å². The fraction of sp³-hybridized carbons (Fsp3) is 0.350. The van der Waals surface area contributed by atoms with E-state index in [-0.39, 0.29) is 0 Å². The Morgan fingerprint density at radius 1 is 1.04 bits per heavy atom. The molecule has 6 heteroatoms. The zero-order chi connectivity index (χ0) is 18.7. The second-order valence-electron chi connectivity index (χ2n) is 6.85. The van der Waals surface area contributed by atoms with E-state index in [0.29, 0.717) is 5.95 Å². The first-order chi connectivity index (χ1) is 12.4. The van der Waals surface area contributed by atoms with Gasteiger partial charge in [0.15, 0.2) is 0 Å². The van der Waals surface area contributed by atoms with Gasteiger partial charge in [-0.25, -0.2) is 15.0 Å².